The van der Waals surface area contributed by atoms with Gasteiger partial charge in [-0.15, -0.1) is 0 Å². The summed E-state index contributed by atoms with van der Waals surface area (Å²) in [4.78, 5) is 11.9. The SMILES string of the molecule is CC(=O)OC1CCC2(C)C3CCC4C(C)(CCC5C(C)(C)C(O)CCC45C)CC3=CCC2C1(C)C. The molecule has 9 atom stereocenters. The molecular formula is C32H52O3. The molecule has 4 saturated carbocycles. The number of carbonyl (C=O) groups excluding carboxylic acids is 1. The summed E-state index contributed by atoms with van der Waals surface area (Å²) >= 11 is 0. The number of rotatable bonds is 1. The lowest BCUT2D eigenvalue weighted by atomic mass is 9.42. The van der Waals surface area contributed by atoms with Crippen molar-refractivity contribution >= 4 is 5.97 Å². The number of carbonyl (C=O) groups is 1. The lowest BCUT2D eigenvalue weighted by Gasteiger charge is -2.63. The fraction of sp³-hybridized carbons (Fsp3) is 0.906. The second kappa shape index (κ2) is 8.08. The van der Waals surface area contributed by atoms with E-state index in [1.54, 1.807) is 12.5 Å². The minimum atomic E-state index is -0.157. The Morgan fingerprint density at radius 1 is 0.829 bits per heavy atom. The van der Waals surface area contributed by atoms with Crippen LogP contribution in [0.5, 0.6) is 0 Å². The highest BCUT2D eigenvalue weighted by atomic mass is 16.5. The van der Waals surface area contributed by atoms with E-state index in [0.29, 0.717) is 28.6 Å². The van der Waals surface area contributed by atoms with Gasteiger partial charge in [-0.05, 0) is 110 Å². The number of allylic oxidation sites excluding steroid dienone is 2. The van der Waals surface area contributed by atoms with Crippen LogP contribution >= 0.6 is 0 Å². The maximum Gasteiger partial charge on any atom is 0.302 e. The van der Waals surface area contributed by atoms with Gasteiger partial charge in [0.15, 0.2) is 0 Å². The van der Waals surface area contributed by atoms with E-state index in [9.17, 15) is 9.90 Å². The standard InChI is InChI=1S/C32H52O3/c1-20(33)35-27-15-18-31(7)22-10-12-25-30(6,19-21(22)9-11-23(31)29(27,4)5)16-13-24-28(2,3)26(34)14-17-32(24,25)8/h9,22-27,34H,10-19H2,1-8H3. The summed E-state index contributed by atoms with van der Waals surface area (Å²) in [5.74, 6) is 2.44. The molecule has 9 unspecified atom stereocenters. The number of hydrogen-bond donors (Lipinski definition) is 1. The van der Waals surface area contributed by atoms with Gasteiger partial charge >= 0.3 is 5.97 Å². The first-order valence-corrected chi connectivity index (χ1v) is 14.7. The second-order valence-corrected chi connectivity index (χ2v) is 15.5. The molecule has 5 aliphatic carbocycles. The zero-order chi connectivity index (χ0) is 25.6. The van der Waals surface area contributed by atoms with E-state index < -0.39 is 0 Å². The van der Waals surface area contributed by atoms with Crippen LogP contribution in [0.2, 0.25) is 0 Å². The number of hydrogen-bond acceptors (Lipinski definition) is 3. The summed E-state index contributed by atoms with van der Waals surface area (Å²) in [6.07, 6.45) is 14.4. The largest absolute Gasteiger partial charge is 0.462 e. The molecule has 198 valence electrons. The Kier molecular flexibility index (Phi) is 5.96. The molecule has 0 radical (unpaired) electrons. The predicted molar refractivity (Wildman–Crippen MR) is 142 cm³/mol. The first kappa shape index (κ1) is 25.8. The van der Waals surface area contributed by atoms with Gasteiger partial charge in [0, 0.05) is 12.3 Å². The van der Waals surface area contributed by atoms with Crippen LogP contribution in [0.15, 0.2) is 11.6 Å². The quantitative estimate of drug-likeness (QED) is 0.306. The van der Waals surface area contributed by atoms with Crippen molar-refractivity contribution in [2.75, 3.05) is 0 Å². The van der Waals surface area contributed by atoms with Gasteiger partial charge in [-0.3, -0.25) is 4.79 Å². The normalized spacial score (nSPS) is 50.4. The lowest BCUT2D eigenvalue weighted by molar-refractivity contribution is -0.172. The Bertz CT molecular complexity index is 900. The molecule has 0 aromatic heterocycles. The molecule has 0 aliphatic heterocycles. The van der Waals surface area contributed by atoms with Crippen LogP contribution in [-0.2, 0) is 9.53 Å². The molecule has 0 amide bonds. The minimum absolute atomic E-state index is 0.00424. The number of esters is 1. The molecule has 4 fully saturated rings. The van der Waals surface area contributed by atoms with Crippen LogP contribution in [-0.4, -0.2) is 23.3 Å². The second-order valence-electron chi connectivity index (χ2n) is 15.5. The molecule has 0 bridgehead atoms. The Hall–Kier alpha value is -0.830. The molecule has 35 heavy (non-hydrogen) atoms. The first-order valence-electron chi connectivity index (χ1n) is 14.7. The smallest absolute Gasteiger partial charge is 0.302 e. The van der Waals surface area contributed by atoms with Gasteiger partial charge in [0.25, 0.3) is 0 Å². The average Bonchev–Trinajstić information content (AvgIpc) is 2.90. The lowest BCUT2D eigenvalue weighted by Crippen LogP contribution is -2.58. The van der Waals surface area contributed by atoms with E-state index in [0.717, 1.165) is 25.2 Å². The van der Waals surface area contributed by atoms with E-state index in [1.807, 2.05) is 0 Å². The zero-order valence-corrected chi connectivity index (χ0v) is 23.9. The van der Waals surface area contributed by atoms with Gasteiger partial charge in [-0.1, -0.05) is 60.1 Å². The molecule has 5 rings (SSSR count). The summed E-state index contributed by atoms with van der Waals surface area (Å²) in [6, 6.07) is 0. The summed E-state index contributed by atoms with van der Waals surface area (Å²) in [5.41, 5.74) is 2.77. The maximum absolute atomic E-state index is 11.9. The van der Waals surface area contributed by atoms with Gasteiger partial charge in [0.2, 0.25) is 0 Å². The van der Waals surface area contributed by atoms with E-state index in [4.69, 9.17) is 4.74 Å². The van der Waals surface area contributed by atoms with Crippen molar-refractivity contribution in [3.63, 3.8) is 0 Å². The van der Waals surface area contributed by atoms with Crippen molar-refractivity contribution in [1.82, 2.24) is 0 Å². The predicted octanol–water partition coefficient (Wildman–Crippen LogP) is 7.71. The molecule has 0 spiro atoms. The van der Waals surface area contributed by atoms with Gasteiger partial charge in [0.05, 0.1) is 6.10 Å². The molecule has 1 N–H and O–H groups in total. The van der Waals surface area contributed by atoms with E-state index in [2.05, 4.69) is 54.5 Å². The average molecular weight is 485 g/mol. The fourth-order valence-electron chi connectivity index (χ4n) is 11.3. The summed E-state index contributed by atoms with van der Waals surface area (Å²) in [7, 11) is 0. The monoisotopic (exact) mass is 484 g/mol. The molecule has 3 nitrogen and oxygen atoms in total. The highest BCUT2D eigenvalue weighted by molar-refractivity contribution is 5.66. The number of ether oxygens (including phenoxy) is 1. The van der Waals surface area contributed by atoms with Crippen molar-refractivity contribution in [1.29, 1.82) is 0 Å². The van der Waals surface area contributed by atoms with Gasteiger partial charge < -0.3 is 9.84 Å². The third-order valence-electron chi connectivity index (χ3n) is 13.1. The number of fused-ring (bicyclic) bond motifs is 6. The van der Waals surface area contributed by atoms with Crippen molar-refractivity contribution in [3.05, 3.63) is 11.6 Å². The highest BCUT2D eigenvalue weighted by Gasteiger charge is 2.63. The number of aliphatic hydroxyl groups excluding tert-OH is 1. The van der Waals surface area contributed by atoms with Crippen LogP contribution < -0.4 is 0 Å². The van der Waals surface area contributed by atoms with Crippen molar-refractivity contribution in [2.45, 2.75) is 132 Å². The molecule has 0 aromatic carbocycles. The Morgan fingerprint density at radius 3 is 2.20 bits per heavy atom. The van der Waals surface area contributed by atoms with Gasteiger partial charge in [0.1, 0.15) is 6.10 Å². The third kappa shape index (κ3) is 3.63. The minimum Gasteiger partial charge on any atom is -0.462 e. The Labute approximate surface area is 214 Å². The van der Waals surface area contributed by atoms with Crippen molar-refractivity contribution in [2.24, 2.45) is 50.7 Å². The fourth-order valence-corrected chi connectivity index (χ4v) is 11.3. The van der Waals surface area contributed by atoms with Gasteiger partial charge in [-0.25, -0.2) is 0 Å². The third-order valence-corrected chi connectivity index (χ3v) is 13.1. The first-order chi connectivity index (χ1) is 16.2. The van der Waals surface area contributed by atoms with Crippen molar-refractivity contribution < 1.29 is 14.6 Å². The van der Waals surface area contributed by atoms with Crippen LogP contribution in [0.3, 0.4) is 0 Å². The molecule has 0 heterocycles. The van der Waals surface area contributed by atoms with E-state index >= 15 is 0 Å². The molecule has 3 heteroatoms. The molecule has 0 saturated heterocycles. The van der Waals surface area contributed by atoms with Crippen molar-refractivity contribution in [3.8, 4) is 0 Å². The topological polar surface area (TPSA) is 46.5 Å². The number of aliphatic hydroxyl groups is 1. The maximum atomic E-state index is 11.9. The van der Waals surface area contributed by atoms with Gasteiger partial charge in [-0.2, -0.15) is 0 Å². The molecule has 5 aliphatic rings. The summed E-state index contributed by atoms with van der Waals surface area (Å²) < 4.78 is 5.87. The summed E-state index contributed by atoms with van der Waals surface area (Å²) in [6.45, 7) is 18.8. The van der Waals surface area contributed by atoms with Crippen LogP contribution in [0.25, 0.3) is 0 Å². The Balaban J connectivity index is 1.47. The van der Waals surface area contributed by atoms with E-state index in [1.165, 1.54) is 44.9 Å². The summed E-state index contributed by atoms with van der Waals surface area (Å²) in [5, 5.41) is 10.9. The van der Waals surface area contributed by atoms with Crippen LogP contribution in [0.1, 0.15) is 120 Å². The Morgan fingerprint density at radius 2 is 1.51 bits per heavy atom. The molecular weight excluding hydrogens is 432 g/mol. The highest BCUT2D eigenvalue weighted by Crippen LogP contribution is 2.70. The van der Waals surface area contributed by atoms with E-state index in [-0.39, 0.29) is 34.4 Å². The van der Waals surface area contributed by atoms with Crippen LogP contribution in [0, 0.1) is 50.7 Å². The van der Waals surface area contributed by atoms with Crippen LogP contribution in [0.4, 0.5) is 0 Å². The zero-order valence-electron chi connectivity index (χ0n) is 23.9. The molecule has 0 aromatic rings.